The average molecular weight is 305 g/mol. The molecule has 0 aliphatic heterocycles. The molecule has 2 N–H and O–H groups in total. The van der Waals surface area contributed by atoms with Gasteiger partial charge in [0.25, 0.3) is 0 Å². The monoisotopic (exact) mass is 304 g/mol. The Morgan fingerprint density at radius 2 is 0.900 bits per heavy atom. The number of aliphatic hydroxyl groups is 2. The molecular formula is C16H24O2Si2. The van der Waals surface area contributed by atoms with E-state index in [4.69, 9.17) is 0 Å². The van der Waals surface area contributed by atoms with E-state index in [1.54, 1.807) is 0 Å². The Morgan fingerprint density at radius 1 is 0.650 bits per heavy atom. The van der Waals surface area contributed by atoms with Crippen molar-refractivity contribution in [3.63, 3.8) is 0 Å². The lowest BCUT2D eigenvalue weighted by Gasteiger charge is -2.24. The highest BCUT2D eigenvalue weighted by atomic mass is 28.3. The Kier molecular flexibility index (Phi) is 4.58. The molecule has 0 aromatic carbocycles. The van der Waals surface area contributed by atoms with Crippen molar-refractivity contribution in [3.05, 3.63) is 24.3 Å². The molecule has 0 atom stereocenters. The molecule has 0 radical (unpaired) electrons. The van der Waals surface area contributed by atoms with Crippen molar-refractivity contribution in [2.75, 3.05) is 0 Å². The van der Waals surface area contributed by atoms with Crippen molar-refractivity contribution in [1.29, 1.82) is 0 Å². The van der Waals surface area contributed by atoms with Gasteiger partial charge in [-0.1, -0.05) is 51.1 Å². The van der Waals surface area contributed by atoms with E-state index in [-0.39, 0.29) is 0 Å². The molecular weight excluding hydrogens is 280 g/mol. The van der Waals surface area contributed by atoms with Gasteiger partial charge in [0.1, 0.15) is 16.1 Å². The second-order valence-corrected chi connectivity index (χ2v) is 16.8. The van der Waals surface area contributed by atoms with E-state index in [0.717, 1.165) is 0 Å². The van der Waals surface area contributed by atoms with Crippen LogP contribution in [0.5, 0.6) is 0 Å². The van der Waals surface area contributed by atoms with Gasteiger partial charge in [-0.2, -0.15) is 0 Å². The lowest BCUT2D eigenvalue weighted by atomic mass is 9.91. The summed E-state index contributed by atoms with van der Waals surface area (Å²) in [4.78, 5) is 0. The lowest BCUT2D eigenvalue weighted by Crippen LogP contribution is -2.32. The summed E-state index contributed by atoms with van der Waals surface area (Å²) < 4.78 is 0. The average Bonchev–Trinajstić information content (AvgIpc) is 2.28. The largest absolute Gasteiger partial charge is 0.370 e. The number of hydrogen-bond acceptors (Lipinski definition) is 2. The standard InChI is InChI=1S/C16H24O2Si2/c1-19(2,3)13-11-15(17)7-9-16(18,10-8-15)12-14-20(4,5)6/h7-10,17-18H,1-6H3. The van der Waals surface area contributed by atoms with Crippen LogP contribution in [0.2, 0.25) is 39.3 Å². The second kappa shape index (κ2) is 5.39. The van der Waals surface area contributed by atoms with Gasteiger partial charge in [0.05, 0.1) is 0 Å². The minimum absolute atomic E-state index is 1.28. The minimum atomic E-state index is -1.54. The maximum atomic E-state index is 10.3. The van der Waals surface area contributed by atoms with Gasteiger partial charge in [-0.3, -0.25) is 0 Å². The first-order valence-electron chi connectivity index (χ1n) is 6.77. The zero-order valence-corrected chi connectivity index (χ0v) is 15.2. The molecule has 0 spiro atoms. The maximum absolute atomic E-state index is 10.3. The molecule has 0 amide bonds. The van der Waals surface area contributed by atoms with Gasteiger partial charge in [0.2, 0.25) is 0 Å². The van der Waals surface area contributed by atoms with Crippen LogP contribution < -0.4 is 0 Å². The SMILES string of the molecule is C[Si](C)(C)C#CC1(O)C=CC(O)(C#C[Si](C)(C)C)C=C1. The van der Waals surface area contributed by atoms with Crippen LogP contribution in [0.4, 0.5) is 0 Å². The Bertz CT molecular complexity index is 488. The Hall–Kier alpha value is -1.05. The first-order chi connectivity index (χ1) is 8.83. The van der Waals surface area contributed by atoms with E-state index in [1.165, 1.54) is 24.3 Å². The van der Waals surface area contributed by atoms with Crippen molar-refractivity contribution in [3.8, 4) is 22.9 Å². The molecule has 0 fully saturated rings. The van der Waals surface area contributed by atoms with Crippen LogP contribution in [0.3, 0.4) is 0 Å². The van der Waals surface area contributed by atoms with Gasteiger partial charge in [-0.25, -0.2) is 0 Å². The predicted octanol–water partition coefficient (Wildman–Crippen LogP) is 2.34. The van der Waals surface area contributed by atoms with Gasteiger partial charge in [0.15, 0.2) is 11.2 Å². The van der Waals surface area contributed by atoms with Crippen LogP contribution in [0, 0.1) is 22.9 Å². The molecule has 0 aromatic rings. The van der Waals surface area contributed by atoms with Crippen LogP contribution >= 0.6 is 0 Å². The van der Waals surface area contributed by atoms with Crippen molar-refractivity contribution in [2.45, 2.75) is 50.5 Å². The summed E-state index contributed by atoms with van der Waals surface area (Å²) in [6.07, 6.45) is 6.11. The molecule has 0 heterocycles. The van der Waals surface area contributed by atoms with Crippen LogP contribution in [0.15, 0.2) is 24.3 Å². The van der Waals surface area contributed by atoms with Crippen LogP contribution in [-0.4, -0.2) is 37.6 Å². The smallest absolute Gasteiger partial charge is 0.162 e. The molecule has 0 aromatic heterocycles. The number of hydrogen-bond donors (Lipinski definition) is 2. The van der Waals surface area contributed by atoms with Crippen LogP contribution in [-0.2, 0) is 0 Å². The molecule has 0 saturated carbocycles. The highest BCUT2D eigenvalue weighted by Crippen LogP contribution is 2.21. The second-order valence-electron chi connectivity index (χ2n) is 7.32. The fraction of sp³-hybridized carbons (Fsp3) is 0.500. The molecule has 1 aliphatic carbocycles. The van der Waals surface area contributed by atoms with Crippen molar-refractivity contribution in [1.82, 2.24) is 0 Å². The Balaban J connectivity index is 2.96. The molecule has 20 heavy (non-hydrogen) atoms. The summed E-state index contributed by atoms with van der Waals surface area (Å²) in [5.74, 6) is 5.78. The van der Waals surface area contributed by atoms with E-state index in [9.17, 15) is 10.2 Å². The van der Waals surface area contributed by atoms with E-state index >= 15 is 0 Å². The van der Waals surface area contributed by atoms with Gasteiger partial charge in [-0.05, 0) is 24.3 Å². The molecule has 0 bridgehead atoms. The first-order valence-corrected chi connectivity index (χ1v) is 13.8. The summed E-state index contributed by atoms with van der Waals surface area (Å²) in [6, 6.07) is 0. The Labute approximate surface area is 124 Å². The zero-order valence-electron chi connectivity index (χ0n) is 13.2. The fourth-order valence-corrected chi connectivity index (χ4v) is 2.51. The summed E-state index contributed by atoms with van der Waals surface area (Å²) in [5, 5.41) is 20.6. The fourth-order valence-electron chi connectivity index (χ4n) is 1.36. The topological polar surface area (TPSA) is 40.5 Å². The van der Waals surface area contributed by atoms with Gasteiger partial charge < -0.3 is 10.2 Å². The van der Waals surface area contributed by atoms with Gasteiger partial charge in [-0.15, -0.1) is 11.1 Å². The summed E-state index contributed by atoms with van der Waals surface area (Å²) >= 11 is 0. The van der Waals surface area contributed by atoms with Crippen molar-refractivity contribution >= 4 is 16.1 Å². The molecule has 2 nitrogen and oxygen atoms in total. The lowest BCUT2D eigenvalue weighted by molar-refractivity contribution is 0.170. The third-order valence-electron chi connectivity index (χ3n) is 2.46. The van der Waals surface area contributed by atoms with E-state index < -0.39 is 27.3 Å². The molecule has 4 heteroatoms. The van der Waals surface area contributed by atoms with Gasteiger partial charge in [0, 0.05) is 0 Å². The molecule has 1 aliphatic rings. The number of rotatable bonds is 0. The van der Waals surface area contributed by atoms with Crippen molar-refractivity contribution in [2.24, 2.45) is 0 Å². The third-order valence-corrected chi connectivity index (χ3v) is 4.21. The Morgan fingerprint density at radius 3 is 1.10 bits per heavy atom. The van der Waals surface area contributed by atoms with Gasteiger partial charge >= 0.3 is 0 Å². The minimum Gasteiger partial charge on any atom is -0.370 e. The third kappa shape index (κ3) is 5.94. The van der Waals surface area contributed by atoms with E-state index in [0.29, 0.717) is 0 Å². The summed E-state index contributed by atoms with van der Waals surface area (Å²) in [7, 11) is -3.08. The normalized spacial score (nSPS) is 29.2. The van der Waals surface area contributed by atoms with E-state index in [1.807, 2.05) is 0 Å². The zero-order chi connectivity index (χ0) is 15.7. The molecule has 1 rings (SSSR count). The predicted molar refractivity (Wildman–Crippen MR) is 90.4 cm³/mol. The quantitative estimate of drug-likeness (QED) is 0.410. The molecule has 0 unspecified atom stereocenters. The highest BCUT2D eigenvalue weighted by Gasteiger charge is 2.28. The van der Waals surface area contributed by atoms with Crippen LogP contribution in [0.25, 0.3) is 0 Å². The van der Waals surface area contributed by atoms with Crippen molar-refractivity contribution < 1.29 is 10.2 Å². The van der Waals surface area contributed by atoms with E-state index in [2.05, 4.69) is 62.2 Å². The first kappa shape index (κ1) is 17.0. The summed E-state index contributed by atoms with van der Waals surface area (Å²) in [5.41, 5.74) is 3.71. The van der Waals surface area contributed by atoms with Crippen LogP contribution in [0.1, 0.15) is 0 Å². The molecule has 108 valence electrons. The highest BCUT2D eigenvalue weighted by molar-refractivity contribution is 6.84. The summed E-state index contributed by atoms with van der Waals surface area (Å²) in [6.45, 7) is 12.7. The molecule has 0 saturated heterocycles. The maximum Gasteiger partial charge on any atom is 0.162 e.